The van der Waals surface area contributed by atoms with Crippen molar-refractivity contribution < 1.29 is 9.18 Å². The van der Waals surface area contributed by atoms with Crippen LogP contribution in [0.2, 0.25) is 0 Å². The first-order valence-corrected chi connectivity index (χ1v) is 6.93. The molecule has 0 radical (unpaired) electrons. The fourth-order valence-corrected chi connectivity index (χ4v) is 2.13. The van der Waals surface area contributed by atoms with E-state index in [0.29, 0.717) is 10.6 Å². The molecule has 2 aromatic rings. The number of carbonyl (C=O) groups excluding carboxylic acids is 1. The lowest BCUT2D eigenvalue weighted by molar-refractivity contribution is 0.102. The van der Waals surface area contributed by atoms with Crippen LogP contribution in [0, 0.1) is 5.82 Å². The molecule has 2 aromatic carbocycles. The number of aryl methyl sites for hydroxylation is 1. The Morgan fingerprint density at radius 2 is 1.90 bits per heavy atom. The molecule has 1 N–H and O–H groups in total. The maximum absolute atomic E-state index is 13.6. The Morgan fingerprint density at radius 1 is 1.20 bits per heavy atom. The molecule has 0 unspecified atom stereocenters. The smallest absolute Gasteiger partial charge is 0.258 e. The van der Waals surface area contributed by atoms with Gasteiger partial charge in [0.25, 0.3) is 5.91 Å². The summed E-state index contributed by atoms with van der Waals surface area (Å²) in [5, 5.41) is 2.68. The number of benzene rings is 2. The van der Waals surface area contributed by atoms with Crippen molar-refractivity contribution in [3.05, 3.63) is 59.4 Å². The van der Waals surface area contributed by atoms with Crippen LogP contribution < -0.4 is 5.32 Å². The van der Waals surface area contributed by atoms with E-state index in [9.17, 15) is 9.18 Å². The van der Waals surface area contributed by atoms with Crippen LogP contribution in [0.25, 0.3) is 0 Å². The summed E-state index contributed by atoms with van der Waals surface area (Å²) in [5.41, 5.74) is 1.86. The van der Waals surface area contributed by atoms with Crippen LogP contribution in [0.5, 0.6) is 0 Å². The second-order valence-electron chi connectivity index (χ2n) is 4.57. The van der Waals surface area contributed by atoms with Crippen molar-refractivity contribution in [3.63, 3.8) is 0 Å². The van der Waals surface area contributed by atoms with E-state index in [1.165, 1.54) is 23.8 Å². The monoisotopic (exact) mass is 289 g/mol. The first-order valence-electron chi connectivity index (χ1n) is 6.49. The van der Waals surface area contributed by atoms with Crippen LogP contribution in [-0.2, 0) is 6.42 Å². The van der Waals surface area contributed by atoms with Gasteiger partial charge in [-0.25, -0.2) is 4.39 Å². The summed E-state index contributed by atoms with van der Waals surface area (Å²) >= 11 is 4.11. The quantitative estimate of drug-likeness (QED) is 0.806. The fraction of sp³-hybridized carbons (Fsp3) is 0.188. The topological polar surface area (TPSA) is 29.1 Å². The normalized spacial score (nSPS) is 10.3. The number of anilines is 1. The molecule has 2 nitrogen and oxygen atoms in total. The van der Waals surface area contributed by atoms with Crippen LogP contribution >= 0.6 is 12.6 Å². The molecule has 0 fully saturated rings. The van der Waals surface area contributed by atoms with Gasteiger partial charge in [0.2, 0.25) is 0 Å². The molecule has 4 heteroatoms. The van der Waals surface area contributed by atoms with Gasteiger partial charge in [-0.2, -0.15) is 0 Å². The molecule has 1 amide bonds. The van der Waals surface area contributed by atoms with Crippen LogP contribution in [0.1, 0.15) is 29.3 Å². The average molecular weight is 289 g/mol. The zero-order valence-corrected chi connectivity index (χ0v) is 12.1. The second kappa shape index (κ2) is 6.57. The lowest BCUT2D eigenvalue weighted by atomic mass is 10.1. The summed E-state index contributed by atoms with van der Waals surface area (Å²) in [5.74, 6) is -1.02. The van der Waals surface area contributed by atoms with E-state index in [4.69, 9.17) is 0 Å². The Kier molecular flexibility index (Phi) is 4.79. The highest BCUT2D eigenvalue weighted by molar-refractivity contribution is 7.80. The fourth-order valence-electron chi connectivity index (χ4n) is 1.93. The second-order valence-corrected chi connectivity index (χ2v) is 5.08. The molecule has 0 heterocycles. The zero-order valence-electron chi connectivity index (χ0n) is 11.2. The molecule has 0 saturated heterocycles. The minimum absolute atomic E-state index is 0.00450. The highest BCUT2D eigenvalue weighted by Gasteiger charge is 2.12. The molecule has 20 heavy (non-hydrogen) atoms. The highest BCUT2D eigenvalue weighted by Crippen LogP contribution is 2.16. The van der Waals surface area contributed by atoms with Crippen molar-refractivity contribution in [2.45, 2.75) is 24.7 Å². The lowest BCUT2D eigenvalue weighted by Gasteiger charge is -2.07. The molecule has 0 aliphatic rings. The molecule has 0 bridgehead atoms. The van der Waals surface area contributed by atoms with Crippen molar-refractivity contribution in [3.8, 4) is 0 Å². The van der Waals surface area contributed by atoms with Crippen LogP contribution in [-0.4, -0.2) is 5.91 Å². The first kappa shape index (κ1) is 14.6. The summed E-state index contributed by atoms with van der Waals surface area (Å²) < 4.78 is 13.6. The minimum Gasteiger partial charge on any atom is -0.322 e. The summed E-state index contributed by atoms with van der Waals surface area (Å²) in [6.07, 6.45) is 2.08. The maximum atomic E-state index is 13.6. The minimum atomic E-state index is -0.553. The van der Waals surface area contributed by atoms with Gasteiger partial charge in [0.15, 0.2) is 0 Å². The maximum Gasteiger partial charge on any atom is 0.258 e. The Balaban J connectivity index is 2.13. The highest BCUT2D eigenvalue weighted by atomic mass is 32.1. The van der Waals surface area contributed by atoms with Crippen LogP contribution in [0.15, 0.2) is 47.4 Å². The molecule has 0 aliphatic heterocycles. The molecule has 2 rings (SSSR count). The molecular formula is C16H16FNOS. The van der Waals surface area contributed by atoms with Gasteiger partial charge in [0.05, 0.1) is 5.56 Å². The van der Waals surface area contributed by atoms with Crippen molar-refractivity contribution in [1.29, 1.82) is 0 Å². The summed E-state index contributed by atoms with van der Waals surface area (Å²) in [6, 6.07) is 11.7. The summed E-state index contributed by atoms with van der Waals surface area (Å²) in [6.45, 7) is 2.11. The number of nitrogens with one attached hydrogen (secondary N) is 1. The number of hydrogen-bond acceptors (Lipinski definition) is 2. The zero-order chi connectivity index (χ0) is 14.5. The number of hydrogen-bond donors (Lipinski definition) is 2. The Labute approximate surface area is 123 Å². The van der Waals surface area contributed by atoms with Gasteiger partial charge in [-0.3, -0.25) is 4.79 Å². The van der Waals surface area contributed by atoms with Gasteiger partial charge in [-0.1, -0.05) is 25.5 Å². The van der Waals surface area contributed by atoms with Crippen molar-refractivity contribution in [2.75, 3.05) is 5.32 Å². The van der Waals surface area contributed by atoms with E-state index in [1.54, 1.807) is 0 Å². The van der Waals surface area contributed by atoms with Gasteiger partial charge < -0.3 is 5.32 Å². The third kappa shape index (κ3) is 3.61. The van der Waals surface area contributed by atoms with E-state index in [0.717, 1.165) is 12.8 Å². The first-order chi connectivity index (χ1) is 9.60. The molecule has 104 valence electrons. The average Bonchev–Trinajstić information content (AvgIpc) is 2.44. The Bertz CT molecular complexity index is 610. The standard InChI is InChI=1S/C16H16FNOS/c1-2-3-11-4-6-12(7-5-11)18-16(19)14-10-13(20)8-9-15(14)17/h4-10,20H,2-3H2,1H3,(H,18,19). The number of amides is 1. The molecule has 0 saturated carbocycles. The van der Waals surface area contributed by atoms with Gasteiger partial charge in [-0.05, 0) is 42.3 Å². The number of halogens is 1. The van der Waals surface area contributed by atoms with Gasteiger partial charge in [0.1, 0.15) is 5.82 Å². The van der Waals surface area contributed by atoms with Crippen molar-refractivity contribution in [1.82, 2.24) is 0 Å². The number of carbonyl (C=O) groups is 1. The Hall–Kier alpha value is -1.81. The number of thiol groups is 1. The van der Waals surface area contributed by atoms with Gasteiger partial charge in [0, 0.05) is 10.6 Å². The lowest BCUT2D eigenvalue weighted by Crippen LogP contribution is -2.13. The van der Waals surface area contributed by atoms with E-state index in [1.807, 2.05) is 24.3 Å². The summed E-state index contributed by atoms with van der Waals surface area (Å²) in [4.78, 5) is 12.6. The SMILES string of the molecule is CCCc1ccc(NC(=O)c2cc(S)ccc2F)cc1. The predicted molar refractivity (Wildman–Crippen MR) is 82.0 cm³/mol. The number of rotatable bonds is 4. The van der Waals surface area contributed by atoms with Crippen LogP contribution in [0.4, 0.5) is 10.1 Å². The van der Waals surface area contributed by atoms with Crippen molar-refractivity contribution >= 4 is 24.2 Å². The molecular weight excluding hydrogens is 273 g/mol. The molecule has 0 spiro atoms. The van der Waals surface area contributed by atoms with Gasteiger partial charge in [-0.15, -0.1) is 12.6 Å². The van der Waals surface area contributed by atoms with Crippen molar-refractivity contribution in [2.24, 2.45) is 0 Å². The largest absolute Gasteiger partial charge is 0.322 e. The predicted octanol–water partition coefficient (Wildman–Crippen LogP) is 4.32. The third-order valence-electron chi connectivity index (χ3n) is 2.95. The van der Waals surface area contributed by atoms with E-state index >= 15 is 0 Å². The molecule has 0 atom stereocenters. The van der Waals surface area contributed by atoms with Crippen LogP contribution in [0.3, 0.4) is 0 Å². The molecule has 0 aromatic heterocycles. The molecule has 0 aliphatic carbocycles. The third-order valence-corrected chi connectivity index (χ3v) is 3.22. The van der Waals surface area contributed by atoms with E-state index in [2.05, 4.69) is 24.9 Å². The van der Waals surface area contributed by atoms with Gasteiger partial charge >= 0.3 is 0 Å². The van der Waals surface area contributed by atoms with E-state index in [-0.39, 0.29) is 5.56 Å². The Morgan fingerprint density at radius 3 is 2.55 bits per heavy atom. The summed E-state index contributed by atoms with van der Waals surface area (Å²) in [7, 11) is 0. The van der Waals surface area contributed by atoms with E-state index < -0.39 is 11.7 Å².